The van der Waals surface area contributed by atoms with E-state index in [-0.39, 0.29) is 18.3 Å². The molecule has 22 heavy (non-hydrogen) atoms. The van der Waals surface area contributed by atoms with Gasteiger partial charge in [-0.05, 0) is 25.0 Å². The molecule has 3 heterocycles. The lowest BCUT2D eigenvalue weighted by molar-refractivity contribution is 0.0740. The third kappa shape index (κ3) is 3.47. The van der Waals surface area contributed by atoms with E-state index in [1.165, 1.54) is 0 Å². The highest BCUT2D eigenvalue weighted by molar-refractivity contribution is 5.92. The van der Waals surface area contributed by atoms with E-state index < -0.39 is 0 Å². The maximum atomic E-state index is 12.6. The van der Waals surface area contributed by atoms with Crippen LogP contribution in [0.4, 0.5) is 0 Å². The number of likely N-dealkylation sites (tertiary alicyclic amines) is 1. The zero-order valence-corrected chi connectivity index (χ0v) is 14.2. The van der Waals surface area contributed by atoms with Crippen molar-refractivity contribution in [2.24, 2.45) is 0 Å². The van der Waals surface area contributed by atoms with Crippen LogP contribution < -0.4 is 5.32 Å². The second-order valence-corrected chi connectivity index (χ2v) is 6.05. The first-order valence-electron chi connectivity index (χ1n) is 8.02. The summed E-state index contributed by atoms with van der Waals surface area (Å²) in [6.45, 7) is 10.0. The van der Waals surface area contributed by atoms with Gasteiger partial charge in [0.25, 0.3) is 5.91 Å². The molecule has 1 atom stereocenters. The minimum atomic E-state index is 0. The molecule has 1 aromatic rings. The van der Waals surface area contributed by atoms with Gasteiger partial charge in [-0.2, -0.15) is 0 Å². The van der Waals surface area contributed by atoms with E-state index in [4.69, 9.17) is 4.42 Å². The second kappa shape index (κ2) is 7.49. The molecule has 3 rings (SSSR count). The van der Waals surface area contributed by atoms with Crippen molar-refractivity contribution in [3.63, 3.8) is 0 Å². The number of hydrogen-bond donors (Lipinski definition) is 1. The molecule has 0 aliphatic carbocycles. The number of halogens is 1. The van der Waals surface area contributed by atoms with Gasteiger partial charge < -0.3 is 14.6 Å². The Morgan fingerprint density at radius 2 is 2.09 bits per heavy atom. The van der Waals surface area contributed by atoms with Crippen LogP contribution >= 0.6 is 12.4 Å². The molecular formula is C16H26ClN3O2. The summed E-state index contributed by atoms with van der Waals surface area (Å²) < 4.78 is 5.70. The summed E-state index contributed by atoms with van der Waals surface area (Å²) in [6, 6.07) is 2.40. The zero-order valence-electron chi connectivity index (χ0n) is 13.4. The van der Waals surface area contributed by atoms with Crippen molar-refractivity contribution in [2.45, 2.75) is 32.7 Å². The summed E-state index contributed by atoms with van der Waals surface area (Å²) in [6.07, 6.45) is 1.91. The fourth-order valence-electron chi connectivity index (χ4n) is 3.40. The van der Waals surface area contributed by atoms with Gasteiger partial charge in [0.05, 0.1) is 0 Å². The number of amides is 1. The quantitative estimate of drug-likeness (QED) is 0.918. The second-order valence-electron chi connectivity index (χ2n) is 6.05. The number of nitrogens with zero attached hydrogens (tertiary/aromatic N) is 2. The Kier molecular flexibility index (Phi) is 5.89. The van der Waals surface area contributed by atoms with Crippen molar-refractivity contribution in [1.82, 2.24) is 15.1 Å². The van der Waals surface area contributed by atoms with E-state index in [2.05, 4.69) is 17.1 Å². The number of aryl methyl sites for hydroxylation is 2. The van der Waals surface area contributed by atoms with Crippen LogP contribution in [0.1, 0.15) is 35.2 Å². The Bertz CT molecular complexity index is 511. The van der Waals surface area contributed by atoms with Crippen molar-refractivity contribution >= 4 is 18.3 Å². The van der Waals surface area contributed by atoms with Crippen molar-refractivity contribution in [1.29, 1.82) is 0 Å². The molecule has 1 unspecified atom stereocenters. The molecule has 0 saturated carbocycles. The van der Waals surface area contributed by atoms with E-state index in [0.29, 0.717) is 11.8 Å². The molecule has 0 spiro atoms. The molecule has 1 N–H and O–H groups in total. The Balaban J connectivity index is 0.00000176. The molecular weight excluding hydrogens is 302 g/mol. The number of nitrogens with one attached hydrogen (secondary N) is 1. The zero-order chi connectivity index (χ0) is 14.8. The lowest BCUT2D eigenvalue weighted by atomic mass is 10.2. The molecule has 2 fully saturated rings. The molecule has 5 nitrogen and oxygen atoms in total. The van der Waals surface area contributed by atoms with Crippen LogP contribution in [0.5, 0.6) is 0 Å². The van der Waals surface area contributed by atoms with E-state index >= 15 is 0 Å². The van der Waals surface area contributed by atoms with Gasteiger partial charge in [0.2, 0.25) is 0 Å². The van der Waals surface area contributed by atoms with Gasteiger partial charge >= 0.3 is 0 Å². The molecule has 0 bridgehead atoms. The number of furan rings is 1. The first-order chi connectivity index (χ1) is 10.2. The van der Waals surface area contributed by atoms with E-state index in [1.807, 2.05) is 17.9 Å². The largest absolute Gasteiger partial charge is 0.456 e. The summed E-state index contributed by atoms with van der Waals surface area (Å²) in [4.78, 5) is 17.0. The predicted molar refractivity (Wildman–Crippen MR) is 88.8 cm³/mol. The lowest BCUT2D eigenvalue weighted by Gasteiger charge is -2.32. The van der Waals surface area contributed by atoms with Gasteiger partial charge in [-0.25, -0.2) is 0 Å². The van der Waals surface area contributed by atoms with E-state index in [1.54, 1.807) is 0 Å². The van der Waals surface area contributed by atoms with Crippen LogP contribution in [0.25, 0.3) is 0 Å². The van der Waals surface area contributed by atoms with Crippen LogP contribution in [0.2, 0.25) is 0 Å². The maximum Gasteiger partial charge on any atom is 0.289 e. The highest BCUT2D eigenvalue weighted by atomic mass is 35.5. The van der Waals surface area contributed by atoms with Crippen LogP contribution in [-0.2, 0) is 6.42 Å². The Hall–Kier alpha value is -1.04. The number of piperazine rings is 1. The minimum Gasteiger partial charge on any atom is -0.456 e. The predicted octanol–water partition coefficient (Wildman–Crippen LogP) is 1.69. The summed E-state index contributed by atoms with van der Waals surface area (Å²) in [5, 5.41) is 3.38. The number of hydrogen-bond acceptors (Lipinski definition) is 4. The summed E-state index contributed by atoms with van der Waals surface area (Å²) in [5.41, 5.74) is 1.08. The van der Waals surface area contributed by atoms with Crippen molar-refractivity contribution < 1.29 is 9.21 Å². The summed E-state index contributed by atoms with van der Waals surface area (Å²) in [7, 11) is 0. The first-order valence-corrected chi connectivity index (χ1v) is 8.02. The molecule has 6 heteroatoms. The van der Waals surface area contributed by atoms with Crippen LogP contribution in [0, 0.1) is 6.92 Å². The topological polar surface area (TPSA) is 48.7 Å². The average Bonchev–Trinajstić information content (AvgIpc) is 3.14. The summed E-state index contributed by atoms with van der Waals surface area (Å²) >= 11 is 0. The molecule has 1 aromatic heterocycles. The maximum absolute atomic E-state index is 12.6. The van der Waals surface area contributed by atoms with Gasteiger partial charge in [-0.15, -0.1) is 12.4 Å². The molecule has 1 amide bonds. The first kappa shape index (κ1) is 17.3. The SMILES string of the molecule is CCc1oc(C(=O)N2CCC(N3CCNCC3)C2)cc1C.Cl. The molecule has 2 aliphatic rings. The number of rotatable bonds is 3. The summed E-state index contributed by atoms with van der Waals surface area (Å²) in [5.74, 6) is 1.48. The van der Waals surface area contributed by atoms with Gasteiger partial charge in [0.15, 0.2) is 5.76 Å². The number of carbonyl (C=O) groups is 1. The molecule has 2 saturated heterocycles. The molecule has 2 aliphatic heterocycles. The van der Waals surface area contributed by atoms with E-state index in [0.717, 1.165) is 63.4 Å². The normalized spacial score (nSPS) is 22.6. The van der Waals surface area contributed by atoms with Gasteiger partial charge in [-0.3, -0.25) is 9.69 Å². The average molecular weight is 328 g/mol. The third-order valence-corrected chi connectivity index (χ3v) is 4.67. The fourth-order valence-corrected chi connectivity index (χ4v) is 3.40. The number of carbonyl (C=O) groups excluding carboxylic acids is 1. The Morgan fingerprint density at radius 3 is 2.73 bits per heavy atom. The van der Waals surface area contributed by atoms with Crippen LogP contribution in [0.3, 0.4) is 0 Å². The van der Waals surface area contributed by atoms with Crippen LogP contribution in [0.15, 0.2) is 10.5 Å². The van der Waals surface area contributed by atoms with Crippen molar-refractivity contribution in [2.75, 3.05) is 39.3 Å². The molecule has 0 aromatic carbocycles. The van der Waals surface area contributed by atoms with Crippen molar-refractivity contribution in [3.05, 3.63) is 23.2 Å². The lowest BCUT2D eigenvalue weighted by Crippen LogP contribution is -2.49. The van der Waals surface area contributed by atoms with Crippen LogP contribution in [-0.4, -0.2) is 61.0 Å². The monoisotopic (exact) mass is 327 g/mol. The Morgan fingerprint density at radius 1 is 1.36 bits per heavy atom. The smallest absolute Gasteiger partial charge is 0.289 e. The standard InChI is InChI=1S/C16H25N3O2.ClH/c1-3-14-12(2)10-15(21-14)16(20)19-7-4-13(11-19)18-8-5-17-6-9-18;/h10,13,17H,3-9,11H2,1-2H3;1H. The van der Waals surface area contributed by atoms with Gasteiger partial charge in [0, 0.05) is 51.7 Å². The minimum absolute atomic E-state index is 0. The third-order valence-electron chi connectivity index (χ3n) is 4.67. The van der Waals surface area contributed by atoms with Crippen molar-refractivity contribution in [3.8, 4) is 0 Å². The molecule has 0 radical (unpaired) electrons. The van der Waals surface area contributed by atoms with E-state index in [9.17, 15) is 4.79 Å². The highest BCUT2D eigenvalue weighted by Crippen LogP contribution is 2.21. The van der Waals surface area contributed by atoms with Gasteiger partial charge in [-0.1, -0.05) is 6.92 Å². The fraction of sp³-hybridized carbons (Fsp3) is 0.688. The van der Waals surface area contributed by atoms with Gasteiger partial charge in [0.1, 0.15) is 5.76 Å². The molecule has 124 valence electrons. The Labute approximate surface area is 138 Å². The highest BCUT2D eigenvalue weighted by Gasteiger charge is 2.32.